The molecule has 0 unspecified atom stereocenters. The van der Waals surface area contributed by atoms with E-state index in [9.17, 15) is 18.0 Å². The quantitative estimate of drug-likeness (QED) is 0.844. The molecule has 0 aliphatic carbocycles. The summed E-state index contributed by atoms with van der Waals surface area (Å²) in [5.41, 5.74) is 0.714. The van der Waals surface area contributed by atoms with Crippen LogP contribution in [0.25, 0.3) is 11.0 Å². The van der Waals surface area contributed by atoms with Crippen LogP contribution in [0.4, 0.5) is 0 Å². The van der Waals surface area contributed by atoms with Crippen LogP contribution in [0.2, 0.25) is 0 Å². The summed E-state index contributed by atoms with van der Waals surface area (Å²) in [5, 5.41) is 3.51. The molecule has 0 radical (unpaired) electrons. The van der Waals surface area contributed by atoms with Gasteiger partial charge in [-0.3, -0.25) is 4.79 Å². The number of aryl methyl sites for hydroxylation is 1. The lowest BCUT2D eigenvalue weighted by Crippen LogP contribution is -2.47. The van der Waals surface area contributed by atoms with E-state index in [0.29, 0.717) is 23.0 Å². The Morgan fingerprint density at radius 3 is 2.75 bits per heavy atom. The summed E-state index contributed by atoms with van der Waals surface area (Å²) in [7, 11) is -3.10. The molecule has 1 amide bonds. The normalized spacial score (nSPS) is 22.6. The highest BCUT2D eigenvalue weighted by Gasteiger charge is 2.39. The first-order valence-corrected chi connectivity index (χ1v) is 9.53. The Morgan fingerprint density at radius 2 is 2.08 bits per heavy atom. The molecule has 0 saturated carbocycles. The Morgan fingerprint density at radius 1 is 1.33 bits per heavy atom. The van der Waals surface area contributed by atoms with E-state index in [0.717, 1.165) is 5.56 Å². The van der Waals surface area contributed by atoms with Gasteiger partial charge in [-0.1, -0.05) is 12.1 Å². The van der Waals surface area contributed by atoms with Crippen LogP contribution in [0, 0.1) is 6.92 Å². The SMILES string of the molecule is Cc1ccc2c(CC(=O)N[C@@]3(C)CCS(=O)(=O)C3)cc(=O)oc2c1. The summed E-state index contributed by atoms with van der Waals surface area (Å²) in [6.45, 7) is 3.62. The summed E-state index contributed by atoms with van der Waals surface area (Å²) >= 11 is 0. The number of carbonyl (C=O) groups is 1. The van der Waals surface area contributed by atoms with Crippen molar-refractivity contribution in [2.45, 2.75) is 32.2 Å². The van der Waals surface area contributed by atoms with Crippen LogP contribution < -0.4 is 10.9 Å². The molecule has 7 heteroatoms. The number of nitrogens with one attached hydrogen (secondary N) is 1. The largest absolute Gasteiger partial charge is 0.423 e. The van der Waals surface area contributed by atoms with Crippen molar-refractivity contribution in [2.24, 2.45) is 0 Å². The number of hydrogen-bond donors (Lipinski definition) is 1. The number of amides is 1. The molecular weight excluding hydrogens is 330 g/mol. The van der Waals surface area contributed by atoms with Gasteiger partial charge in [-0.2, -0.15) is 0 Å². The van der Waals surface area contributed by atoms with Gasteiger partial charge in [0.1, 0.15) is 5.58 Å². The molecule has 1 aliphatic rings. The van der Waals surface area contributed by atoms with Gasteiger partial charge in [0.05, 0.1) is 23.5 Å². The first-order chi connectivity index (χ1) is 11.2. The molecule has 2 aromatic rings. The number of hydrogen-bond acceptors (Lipinski definition) is 5. The summed E-state index contributed by atoms with van der Waals surface area (Å²) in [4.78, 5) is 24.1. The molecule has 1 N–H and O–H groups in total. The number of fused-ring (bicyclic) bond motifs is 1. The predicted molar refractivity (Wildman–Crippen MR) is 90.7 cm³/mol. The molecule has 128 valence electrons. The first-order valence-electron chi connectivity index (χ1n) is 7.71. The monoisotopic (exact) mass is 349 g/mol. The lowest BCUT2D eigenvalue weighted by atomic mass is 10.0. The van der Waals surface area contributed by atoms with E-state index >= 15 is 0 Å². The summed E-state index contributed by atoms with van der Waals surface area (Å²) in [6, 6.07) is 6.76. The number of benzene rings is 1. The molecule has 0 spiro atoms. The van der Waals surface area contributed by atoms with Crippen LogP contribution in [0.5, 0.6) is 0 Å². The van der Waals surface area contributed by atoms with Crippen LogP contribution >= 0.6 is 0 Å². The van der Waals surface area contributed by atoms with Gasteiger partial charge in [0, 0.05) is 11.5 Å². The first kappa shape index (κ1) is 16.7. The fourth-order valence-electron chi connectivity index (χ4n) is 3.15. The van der Waals surface area contributed by atoms with E-state index in [2.05, 4.69) is 5.32 Å². The van der Waals surface area contributed by atoms with Crippen molar-refractivity contribution in [1.29, 1.82) is 0 Å². The average Bonchev–Trinajstić information content (AvgIpc) is 2.71. The van der Waals surface area contributed by atoms with Gasteiger partial charge in [-0.05, 0) is 37.5 Å². The Labute approximate surface area is 139 Å². The zero-order chi connectivity index (χ0) is 17.5. The van der Waals surface area contributed by atoms with Crippen molar-refractivity contribution >= 4 is 26.7 Å². The van der Waals surface area contributed by atoms with Crippen molar-refractivity contribution in [1.82, 2.24) is 5.32 Å². The molecule has 1 saturated heterocycles. The second kappa shape index (κ2) is 5.73. The van der Waals surface area contributed by atoms with Crippen molar-refractivity contribution in [2.75, 3.05) is 11.5 Å². The third-order valence-corrected chi connectivity index (χ3v) is 6.18. The van der Waals surface area contributed by atoms with E-state index in [1.807, 2.05) is 19.1 Å². The average molecular weight is 349 g/mol. The molecule has 1 aromatic carbocycles. The molecule has 1 fully saturated rings. The van der Waals surface area contributed by atoms with Crippen LogP contribution in [-0.4, -0.2) is 31.4 Å². The molecule has 0 bridgehead atoms. The van der Waals surface area contributed by atoms with Crippen LogP contribution in [0.3, 0.4) is 0 Å². The highest BCUT2D eigenvalue weighted by atomic mass is 32.2. The Kier molecular flexibility index (Phi) is 3.99. The fourth-order valence-corrected chi connectivity index (χ4v) is 5.24. The molecule has 3 rings (SSSR count). The molecule has 24 heavy (non-hydrogen) atoms. The van der Waals surface area contributed by atoms with E-state index in [-0.39, 0.29) is 23.8 Å². The number of sulfone groups is 1. The predicted octanol–water partition coefficient (Wildman–Crippen LogP) is 1.34. The van der Waals surface area contributed by atoms with Gasteiger partial charge >= 0.3 is 5.63 Å². The molecule has 1 aromatic heterocycles. The van der Waals surface area contributed by atoms with Gasteiger partial charge in [0.25, 0.3) is 0 Å². The minimum Gasteiger partial charge on any atom is -0.423 e. The lowest BCUT2D eigenvalue weighted by Gasteiger charge is -2.24. The van der Waals surface area contributed by atoms with Crippen molar-refractivity contribution in [3.05, 3.63) is 45.8 Å². The van der Waals surface area contributed by atoms with Gasteiger partial charge in [-0.25, -0.2) is 13.2 Å². The zero-order valence-electron chi connectivity index (χ0n) is 13.6. The maximum absolute atomic E-state index is 12.4. The highest BCUT2D eigenvalue weighted by molar-refractivity contribution is 7.91. The minimum absolute atomic E-state index is 0.000792. The Hall–Kier alpha value is -2.15. The smallest absolute Gasteiger partial charge is 0.336 e. The maximum atomic E-state index is 12.4. The fraction of sp³-hybridized carbons (Fsp3) is 0.412. The van der Waals surface area contributed by atoms with Crippen molar-refractivity contribution in [3.63, 3.8) is 0 Å². The topological polar surface area (TPSA) is 93.5 Å². The summed E-state index contributed by atoms with van der Waals surface area (Å²) in [5.74, 6) is -0.272. The molecular formula is C17H19NO5S. The molecule has 2 heterocycles. The van der Waals surface area contributed by atoms with E-state index < -0.39 is 21.0 Å². The van der Waals surface area contributed by atoms with E-state index in [1.165, 1.54) is 6.07 Å². The minimum atomic E-state index is -3.10. The van der Waals surface area contributed by atoms with Gasteiger partial charge in [-0.15, -0.1) is 0 Å². The summed E-state index contributed by atoms with van der Waals surface area (Å²) in [6.07, 6.45) is 0.402. The van der Waals surface area contributed by atoms with E-state index in [1.54, 1.807) is 13.0 Å². The molecule has 1 atom stereocenters. The lowest BCUT2D eigenvalue weighted by molar-refractivity contribution is -0.121. The van der Waals surface area contributed by atoms with Crippen LogP contribution in [0.1, 0.15) is 24.5 Å². The van der Waals surface area contributed by atoms with Gasteiger partial charge < -0.3 is 9.73 Å². The molecule has 1 aliphatic heterocycles. The zero-order valence-corrected chi connectivity index (χ0v) is 14.4. The van der Waals surface area contributed by atoms with Gasteiger partial charge in [0.2, 0.25) is 5.91 Å². The second-order valence-electron chi connectivity index (χ2n) is 6.72. The number of carbonyl (C=O) groups excluding carboxylic acids is 1. The third-order valence-electron chi connectivity index (χ3n) is 4.28. The van der Waals surface area contributed by atoms with E-state index in [4.69, 9.17) is 4.42 Å². The molecule has 6 nitrogen and oxygen atoms in total. The second-order valence-corrected chi connectivity index (χ2v) is 8.90. The van der Waals surface area contributed by atoms with Crippen molar-refractivity contribution in [3.8, 4) is 0 Å². The summed E-state index contributed by atoms with van der Waals surface area (Å²) < 4.78 is 28.4. The highest BCUT2D eigenvalue weighted by Crippen LogP contribution is 2.24. The van der Waals surface area contributed by atoms with Crippen molar-refractivity contribution < 1.29 is 17.6 Å². The van der Waals surface area contributed by atoms with Crippen LogP contribution in [-0.2, 0) is 21.1 Å². The van der Waals surface area contributed by atoms with Crippen LogP contribution in [0.15, 0.2) is 33.5 Å². The maximum Gasteiger partial charge on any atom is 0.336 e. The standard InChI is InChI=1S/C17H19NO5S/c1-11-3-4-13-12(9-16(20)23-14(13)7-11)8-15(19)18-17(2)5-6-24(21,22)10-17/h3-4,7,9H,5-6,8,10H2,1-2H3,(H,18,19)/t17-/m0/s1. The third kappa shape index (κ3) is 3.51. The Balaban J connectivity index is 1.85. The Bertz CT molecular complexity index is 976. The van der Waals surface area contributed by atoms with Gasteiger partial charge in [0.15, 0.2) is 9.84 Å². The number of rotatable bonds is 3.